The Balaban J connectivity index is 1.74. The number of hydrogen-bond acceptors (Lipinski definition) is 5. The highest BCUT2D eigenvalue weighted by molar-refractivity contribution is 6.05. The Morgan fingerprint density at radius 1 is 1.17 bits per heavy atom. The van der Waals surface area contributed by atoms with Crippen molar-refractivity contribution in [2.75, 3.05) is 11.4 Å². The number of carbonyl (C=O) groups is 2. The minimum absolute atomic E-state index is 0.159. The third-order valence-corrected chi connectivity index (χ3v) is 3.08. The van der Waals surface area contributed by atoms with Crippen molar-refractivity contribution in [2.45, 2.75) is 6.42 Å². The van der Waals surface area contributed by atoms with E-state index in [9.17, 15) is 18.4 Å². The Hall–Kier alpha value is -3.10. The van der Waals surface area contributed by atoms with E-state index in [0.717, 1.165) is 12.1 Å². The van der Waals surface area contributed by atoms with E-state index in [-0.39, 0.29) is 30.6 Å². The van der Waals surface area contributed by atoms with E-state index in [1.165, 1.54) is 17.3 Å². The zero-order chi connectivity index (χ0) is 16.4. The first-order chi connectivity index (χ1) is 11.0. The summed E-state index contributed by atoms with van der Waals surface area (Å²) in [6.45, 7) is 0.209. The van der Waals surface area contributed by atoms with E-state index < -0.39 is 17.7 Å². The van der Waals surface area contributed by atoms with E-state index in [4.69, 9.17) is 4.74 Å². The Bertz CT molecular complexity index is 767. The third-order valence-electron chi connectivity index (χ3n) is 3.08. The van der Waals surface area contributed by atoms with Gasteiger partial charge >= 0.3 is 12.0 Å². The molecule has 1 N–H and O–H groups in total. The minimum Gasteiger partial charge on any atom is -0.421 e. The summed E-state index contributed by atoms with van der Waals surface area (Å²) in [5, 5.41) is 2.17. The molecule has 3 amide bonds. The maximum atomic E-state index is 13.5. The van der Waals surface area contributed by atoms with Gasteiger partial charge in [0.05, 0.1) is 18.1 Å². The van der Waals surface area contributed by atoms with Crippen LogP contribution >= 0.6 is 0 Å². The number of hydrogen-bond donors (Lipinski definition) is 1. The van der Waals surface area contributed by atoms with Crippen molar-refractivity contribution in [1.82, 2.24) is 15.3 Å². The number of urea groups is 1. The fourth-order valence-corrected chi connectivity index (χ4v) is 1.97. The van der Waals surface area contributed by atoms with Crippen molar-refractivity contribution in [3.63, 3.8) is 0 Å². The van der Waals surface area contributed by atoms with Crippen LogP contribution in [0.25, 0.3) is 0 Å². The zero-order valence-corrected chi connectivity index (χ0v) is 11.6. The molecule has 2 aromatic rings. The topological polar surface area (TPSA) is 84.4 Å². The standard InChI is InChI=1S/C14H10F2N4O3/c15-8-1-2-11(10(16)5-8)23-13-17-6-9(7-18-13)20-4-3-12(21)19-14(20)22/h1-2,5-7H,3-4H2,(H,19,21,22). The molecule has 1 fully saturated rings. The summed E-state index contributed by atoms with van der Waals surface area (Å²) >= 11 is 0. The van der Waals surface area contributed by atoms with Crippen molar-refractivity contribution in [3.8, 4) is 11.8 Å². The molecule has 118 valence electrons. The lowest BCUT2D eigenvalue weighted by Crippen LogP contribution is -2.49. The fourth-order valence-electron chi connectivity index (χ4n) is 1.97. The number of rotatable bonds is 3. The van der Waals surface area contributed by atoms with E-state index >= 15 is 0 Å². The van der Waals surface area contributed by atoms with Gasteiger partial charge in [0.2, 0.25) is 5.91 Å². The summed E-state index contributed by atoms with van der Waals surface area (Å²) in [6, 6.07) is 2.11. The van der Waals surface area contributed by atoms with Gasteiger partial charge in [-0.3, -0.25) is 15.0 Å². The lowest BCUT2D eigenvalue weighted by molar-refractivity contribution is -0.120. The first-order valence-corrected chi connectivity index (χ1v) is 6.59. The van der Waals surface area contributed by atoms with Gasteiger partial charge in [-0.1, -0.05) is 0 Å². The summed E-state index contributed by atoms with van der Waals surface area (Å²) in [4.78, 5) is 31.8. The maximum Gasteiger partial charge on any atom is 0.328 e. The van der Waals surface area contributed by atoms with Crippen LogP contribution in [-0.2, 0) is 4.79 Å². The predicted octanol–water partition coefficient (Wildman–Crippen LogP) is 1.99. The number of benzene rings is 1. The molecule has 1 aliphatic rings. The van der Waals surface area contributed by atoms with Gasteiger partial charge in [-0.2, -0.15) is 0 Å². The second kappa shape index (κ2) is 5.95. The van der Waals surface area contributed by atoms with Gasteiger partial charge in [-0.25, -0.2) is 23.5 Å². The van der Waals surface area contributed by atoms with E-state index in [1.807, 2.05) is 0 Å². The molecular weight excluding hydrogens is 310 g/mol. The second-order valence-corrected chi connectivity index (χ2v) is 4.66. The smallest absolute Gasteiger partial charge is 0.328 e. The van der Waals surface area contributed by atoms with Gasteiger partial charge in [-0.15, -0.1) is 0 Å². The van der Waals surface area contributed by atoms with Crippen molar-refractivity contribution >= 4 is 17.6 Å². The van der Waals surface area contributed by atoms with Crippen LogP contribution in [0.2, 0.25) is 0 Å². The molecule has 0 spiro atoms. The molecule has 0 unspecified atom stereocenters. The van der Waals surface area contributed by atoms with Gasteiger partial charge in [0, 0.05) is 19.0 Å². The van der Waals surface area contributed by atoms with Crippen LogP contribution in [0, 0.1) is 11.6 Å². The molecule has 1 aromatic heterocycles. The molecule has 23 heavy (non-hydrogen) atoms. The molecular formula is C14H10F2N4O3. The number of halogens is 2. The Labute approximate surface area is 128 Å². The highest BCUT2D eigenvalue weighted by Gasteiger charge is 2.24. The van der Waals surface area contributed by atoms with E-state index in [2.05, 4.69) is 15.3 Å². The molecule has 0 bridgehead atoms. The SMILES string of the molecule is O=C1CCN(c2cnc(Oc3ccc(F)cc3F)nc2)C(=O)N1. The highest BCUT2D eigenvalue weighted by Crippen LogP contribution is 2.23. The number of carbonyl (C=O) groups excluding carboxylic acids is 2. The summed E-state index contributed by atoms with van der Waals surface area (Å²) < 4.78 is 31.4. The maximum absolute atomic E-state index is 13.5. The van der Waals surface area contributed by atoms with Crippen molar-refractivity contribution in [2.24, 2.45) is 0 Å². The first kappa shape index (κ1) is 14.8. The normalized spacial score (nSPS) is 14.6. The average molecular weight is 320 g/mol. The lowest BCUT2D eigenvalue weighted by Gasteiger charge is -2.25. The molecule has 0 radical (unpaired) electrons. The highest BCUT2D eigenvalue weighted by atomic mass is 19.1. The summed E-state index contributed by atoms with van der Waals surface area (Å²) in [7, 11) is 0. The van der Waals surface area contributed by atoms with Crippen molar-refractivity contribution < 1.29 is 23.1 Å². The second-order valence-electron chi connectivity index (χ2n) is 4.66. The summed E-state index contributed by atoms with van der Waals surface area (Å²) in [6.07, 6.45) is 2.78. The average Bonchev–Trinajstić information content (AvgIpc) is 2.51. The van der Waals surface area contributed by atoms with Crippen LogP contribution in [0.5, 0.6) is 11.8 Å². The number of imide groups is 1. The van der Waals surface area contributed by atoms with Crippen LogP contribution in [0.4, 0.5) is 19.3 Å². The molecule has 1 aromatic carbocycles. The first-order valence-electron chi connectivity index (χ1n) is 6.59. The number of aromatic nitrogens is 2. The van der Waals surface area contributed by atoms with Crippen LogP contribution in [0.3, 0.4) is 0 Å². The molecule has 1 aliphatic heterocycles. The molecule has 2 heterocycles. The predicted molar refractivity (Wildman–Crippen MR) is 74.0 cm³/mol. The number of ether oxygens (including phenoxy) is 1. The van der Waals surface area contributed by atoms with Crippen LogP contribution in [0.1, 0.15) is 6.42 Å². The molecule has 0 atom stereocenters. The van der Waals surface area contributed by atoms with Crippen molar-refractivity contribution in [1.29, 1.82) is 0 Å². The van der Waals surface area contributed by atoms with Crippen molar-refractivity contribution in [3.05, 3.63) is 42.2 Å². The van der Waals surface area contributed by atoms with E-state index in [1.54, 1.807) is 0 Å². The molecule has 9 heteroatoms. The largest absolute Gasteiger partial charge is 0.421 e. The number of nitrogens with zero attached hydrogens (tertiary/aromatic N) is 3. The van der Waals surface area contributed by atoms with Gasteiger partial charge in [0.1, 0.15) is 5.82 Å². The minimum atomic E-state index is -0.883. The monoisotopic (exact) mass is 320 g/mol. The number of amides is 3. The van der Waals surface area contributed by atoms with Crippen LogP contribution in [0.15, 0.2) is 30.6 Å². The van der Waals surface area contributed by atoms with Gasteiger partial charge < -0.3 is 4.74 Å². The molecule has 0 saturated carbocycles. The van der Waals surface area contributed by atoms with E-state index in [0.29, 0.717) is 11.8 Å². The molecule has 1 saturated heterocycles. The summed E-state index contributed by atoms with van der Waals surface area (Å²) in [5.41, 5.74) is 0.363. The molecule has 7 nitrogen and oxygen atoms in total. The zero-order valence-electron chi connectivity index (χ0n) is 11.6. The van der Waals surface area contributed by atoms with Gasteiger partial charge in [0.15, 0.2) is 11.6 Å². The number of nitrogens with one attached hydrogen (secondary N) is 1. The Kier molecular flexibility index (Phi) is 3.83. The van der Waals surface area contributed by atoms with Gasteiger partial charge in [-0.05, 0) is 12.1 Å². The summed E-state index contributed by atoms with van der Waals surface area (Å²) in [5.74, 6) is -2.18. The fraction of sp³-hybridized carbons (Fsp3) is 0.143. The van der Waals surface area contributed by atoms with Crippen LogP contribution < -0.4 is 15.0 Å². The lowest BCUT2D eigenvalue weighted by atomic mass is 10.3. The molecule has 0 aliphatic carbocycles. The third kappa shape index (κ3) is 3.23. The molecule has 3 rings (SSSR count). The number of anilines is 1. The van der Waals surface area contributed by atoms with Gasteiger partial charge in [0.25, 0.3) is 0 Å². The Morgan fingerprint density at radius 3 is 2.57 bits per heavy atom. The Morgan fingerprint density at radius 2 is 1.91 bits per heavy atom. The van der Waals surface area contributed by atoms with Crippen LogP contribution in [-0.4, -0.2) is 28.5 Å². The quantitative estimate of drug-likeness (QED) is 0.935.